The zero-order valence-corrected chi connectivity index (χ0v) is 24.4. The van der Waals surface area contributed by atoms with Crippen molar-refractivity contribution in [1.29, 1.82) is 0 Å². The van der Waals surface area contributed by atoms with Gasteiger partial charge in [0.2, 0.25) is 11.8 Å². The van der Waals surface area contributed by atoms with Gasteiger partial charge in [0.1, 0.15) is 23.0 Å². The number of aliphatic hydroxyl groups excluding tert-OH is 2. The molecule has 0 aromatic heterocycles. The van der Waals surface area contributed by atoms with Gasteiger partial charge in [0, 0.05) is 25.2 Å². The van der Waals surface area contributed by atoms with Crippen molar-refractivity contribution >= 4 is 33.0 Å². The van der Waals surface area contributed by atoms with Crippen LogP contribution in [0.2, 0.25) is 0 Å². The van der Waals surface area contributed by atoms with E-state index in [4.69, 9.17) is 9.47 Å². The summed E-state index contributed by atoms with van der Waals surface area (Å²) in [6, 6.07) is 26.3. The van der Waals surface area contributed by atoms with Gasteiger partial charge < -0.3 is 30.3 Å². The Morgan fingerprint density at radius 1 is 0.581 bits per heavy atom. The minimum absolute atomic E-state index is 0.177. The molecule has 4 N–H and O–H groups in total. The van der Waals surface area contributed by atoms with Crippen molar-refractivity contribution in [1.82, 2.24) is 0 Å². The van der Waals surface area contributed by atoms with E-state index < -0.39 is 33.6 Å². The van der Waals surface area contributed by atoms with Crippen LogP contribution in [0, 0.1) is 0 Å². The number of carbonyl (C=O) groups excluding carboxylic acids is 2. The lowest BCUT2D eigenvalue weighted by Gasteiger charge is -2.16. The zero-order chi connectivity index (χ0) is 31.0. The van der Waals surface area contributed by atoms with Gasteiger partial charge in [-0.05, 0) is 83.9 Å². The van der Waals surface area contributed by atoms with Gasteiger partial charge >= 0.3 is 0 Å². The van der Waals surface area contributed by atoms with Crippen LogP contribution in [0.15, 0.2) is 97.1 Å². The second-order valence-electron chi connectivity index (χ2n) is 9.86. The maximum atomic E-state index is 12.8. The van der Waals surface area contributed by atoms with E-state index in [1.165, 1.54) is 13.8 Å². The highest BCUT2D eigenvalue weighted by Gasteiger charge is 2.23. The van der Waals surface area contributed by atoms with Crippen LogP contribution in [0.4, 0.5) is 11.4 Å². The molecule has 0 aliphatic heterocycles. The predicted octanol–water partition coefficient (Wildman–Crippen LogP) is 5.37. The van der Waals surface area contributed by atoms with Gasteiger partial charge in [-0.1, -0.05) is 24.3 Å². The summed E-state index contributed by atoms with van der Waals surface area (Å²) in [4.78, 5) is 22.3. The lowest BCUT2D eigenvalue weighted by molar-refractivity contribution is -0.115. The molecule has 0 radical (unpaired) electrons. The topological polar surface area (TPSA) is 151 Å². The monoisotopic (exact) mass is 604 g/mol. The summed E-state index contributed by atoms with van der Waals surface area (Å²) in [5, 5.41) is 26.5. The van der Waals surface area contributed by atoms with Crippen molar-refractivity contribution in [3.05, 3.63) is 108 Å². The molecule has 0 fully saturated rings. The normalized spacial score (nSPS) is 12.6. The first-order valence-corrected chi connectivity index (χ1v) is 15.2. The maximum Gasteiger partial charge on any atom is 0.221 e. The fourth-order valence-electron chi connectivity index (χ4n) is 4.15. The molecule has 0 saturated heterocycles. The predicted molar refractivity (Wildman–Crippen MR) is 163 cm³/mol. The number of hydrogen-bond acceptors (Lipinski definition) is 8. The third-order valence-corrected chi connectivity index (χ3v) is 7.82. The molecule has 0 heterocycles. The summed E-state index contributed by atoms with van der Waals surface area (Å²) in [6.07, 6.45) is -2.59. The van der Waals surface area contributed by atoms with Gasteiger partial charge in [-0.15, -0.1) is 0 Å². The number of ether oxygens (including phenoxy) is 2. The van der Waals surface area contributed by atoms with E-state index in [-0.39, 0.29) is 11.8 Å². The van der Waals surface area contributed by atoms with E-state index >= 15 is 0 Å². The van der Waals surface area contributed by atoms with E-state index in [1.807, 2.05) is 0 Å². The molecule has 0 spiro atoms. The number of hydrogen-bond donors (Lipinski definition) is 4. The number of nitrogens with one attached hydrogen (secondary N) is 2. The smallest absolute Gasteiger partial charge is 0.221 e. The molecule has 4 rings (SSSR count). The van der Waals surface area contributed by atoms with Crippen LogP contribution in [0.1, 0.15) is 37.2 Å². The van der Waals surface area contributed by atoms with Gasteiger partial charge in [0.15, 0.2) is 9.84 Å². The number of benzene rings is 4. The van der Waals surface area contributed by atoms with Crippen LogP contribution < -0.4 is 20.1 Å². The Kier molecular flexibility index (Phi) is 10.1. The van der Waals surface area contributed by atoms with Gasteiger partial charge in [0.05, 0.1) is 23.7 Å². The quantitative estimate of drug-likeness (QED) is 0.169. The summed E-state index contributed by atoms with van der Waals surface area (Å²) in [6.45, 7) is 2.84. The average Bonchev–Trinajstić information content (AvgIpc) is 2.95. The summed E-state index contributed by atoms with van der Waals surface area (Å²) in [7, 11) is -3.84. The van der Waals surface area contributed by atoms with E-state index in [1.54, 1.807) is 97.1 Å². The van der Waals surface area contributed by atoms with E-state index in [2.05, 4.69) is 10.6 Å². The summed E-state index contributed by atoms with van der Waals surface area (Å²) < 4.78 is 37.1. The Labute approximate surface area is 249 Å². The van der Waals surface area contributed by atoms with Crippen molar-refractivity contribution in [2.45, 2.75) is 26.1 Å². The number of sulfone groups is 1. The summed E-state index contributed by atoms with van der Waals surface area (Å²) >= 11 is 0. The molecule has 43 heavy (non-hydrogen) atoms. The van der Waals surface area contributed by atoms with Crippen molar-refractivity contribution in [3.8, 4) is 23.0 Å². The standard InChI is InChI=1S/C32H32N2O8S/c1-21(35)33-25-7-15-29(16-8-25)41-27-11-3-23(4-12-27)31(37)19-43(39,40)20-32(38)24-5-13-28(14-6-24)42-30-17-9-26(10-18-30)34-22(2)36/h3-18,31-32,37-38H,19-20H2,1-2H3,(H,33,35)(H,34,36). The molecule has 11 heteroatoms. The number of anilines is 2. The first-order chi connectivity index (χ1) is 20.5. The molecular weight excluding hydrogens is 572 g/mol. The molecule has 10 nitrogen and oxygen atoms in total. The molecule has 0 saturated carbocycles. The zero-order valence-electron chi connectivity index (χ0n) is 23.6. The Morgan fingerprint density at radius 2 is 0.860 bits per heavy atom. The fraction of sp³-hybridized carbons (Fsp3) is 0.188. The Balaban J connectivity index is 1.29. The van der Waals surface area contributed by atoms with Crippen LogP contribution in [0.25, 0.3) is 0 Å². The first kappa shape index (κ1) is 31.2. The molecule has 2 unspecified atom stereocenters. The minimum Gasteiger partial charge on any atom is -0.457 e. The van der Waals surface area contributed by atoms with Crippen molar-refractivity contribution in [2.24, 2.45) is 0 Å². The van der Waals surface area contributed by atoms with Gasteiger partial charge in [-0.2, -0.15) is 0 Å². The highest BCUT2D eigenvalue weighted by molar-refractivity contribution is 7.91. The Morgan fingerprint density at radius 3 is 1.14 bits per heavy atom. The number of aliphatic hydroxyl groups is 2. The van der Waals surface area contributed by atoms with Crippen LogP contribution in [0.5, 0.6) is 23.0 Å². The molecule has 2 atom stereocenters. The van der Waals surface area contributed by atoms with Crippen molar-refractivity contribution < 1.29 is 37.7 Å². The lowest BCUT2D eigenvalue weighted by atomic mass is 10.1. The summed E-state index contributed by atoms with van der Waals surface area (Å²) in [5.74, 6) is 0.557. The molecule has 0 aliphatic carbocycles. The second-order valence-corrected chi connectivity index (χ2v) is 12.0. The average molecular weight is 605 g/mol. The molecule has 4 aromatic carbocycles. The largest absolute Gasteiger partial charge is 0.457 e. The van der Waals surface area contributed by atoms with Crippen LogP contribution >= 0.6 is 0 Å². The first-order valence-electron chi connectivity index (χ1n) is 13.3. The van der Waals surface area contributed by atoms with E-state index in [0.717, 1.165) is 0 Å². The van der Waals surface area contributed by atoms with Crippen LogP contribution in [-0.2, 0) is 19.4 Å². The van der Waals surface area contributed by atoms with E-state index in [0.29, 0.717) is 45.5 Å². The van der Waals surface area contributed by atoms with Crippen LogP contribution in [-0.4, -0.2) is 42.0 Å². The fourth-order valence-corrected chi connectivity index (χ4v) is 5.63. The minimum atomic E-state index is -3.84. The van der Waals surface area contributed by atoms with Crippen molar-refractivity contribution in [2.75, 3.05) is 22.1 Å². The van der Waals surface area contributed by atoms with Gasteiger partial charge in [-0.25, -0.2) is 8.42 Å². The van der Waals surface area contributed by atoms with Gasteiger partial charge in [0.25, 0.3) is 0 Å². The van der Waals surface area contributed by atoms with Crippen molar-refractivity contribution in [3.63, 3.8) is 0 Å². The number of carbonyl (C=O) groups is 2. The molecule has 0 aliphatic rings. The maximum absolute atomic E-state index is 12.8. The highest BCUT2D eigenvalue weighted by atomic mass is 32.2. The van der Waals surface area contributed by atoms with E-state index in [9.17, 15) is 28.2 Å². The third-order valence-electron chi connectivity index (χ3n) is 6.17. The lowest BCUT2D eigenvalue weighted by Crippen LogP contribution is -2.21. The second kappa shape index (κ2) is 14.0. The van der Waals surface area contributed by atoms with Gasteiger partial charge in [-0.3, -0.25) is 9.59 Å². The molecule has 0 bridgehead atoms. The van der Waals surface area contributed by atoms with Crippen LogP contribution in [0.3, 0.4) is 0 Å². The molecule has 224 valence electrons. The Bertz CT molecular complexity index is 1520. The Hall–Kier alpha value is -4.71. The number of rotatable bonds is 12. The molecule has 4 aromatic rings. The number of amides is 2. The highest BCUT2D eigenvalue weighted by Crippen LogP contribution is 2.28. The summed E-state index contributed by atoms with van der Waals surface area (Å²) in [5.41, 5.74) is 2.05. The SMILES string of the molecule is CC(=O)Nc1ccc(Oc2ccc(C(O)CS(=O)(=O)CC(O)c3ccc(Oc4ccc(NC(C)=O)cc4)cc3)cc2)cc1. The third kappa shape index (κ3) is 9.67. The molecular formula is C32H32N2O8S. The molecule has 2 amide bonds.